The molecule has 0 aliphatic heterocycles. The van der Waals surface area contributed by atoms with Gasteiger partial charge in [-0.15, -0.1) is 0 Å². The first-order valence-electron chi connectivity index (χ1n) is 7.35. The van der Waals surface area contributed by atoms with Crippen molar-refractivity contribution in [2.75, 3.05) is 13.1 Å². The SMILES string of the molecule is CC(C)CC(=O)NCCNC(=O)C(C)Oc1ccc(Cl)cc1. The largest absolute Gasteiger partial charge is 0.481 e. The Labute approximate surface area is 136 Å². The summed E-state index contributed by atoms with van der Waals surface area (Å²) in [6.45, 7) is 6.41. The quantitative estimate of drug-likeness (QED) is 0.721. The summed E-state index contributed by atoms with van der Waals surface area (Å²) in [5, 5.41) is 6.09. The molecule has 0 fully saturated rings. The van der Waals surface area contributed by atoms with Crippen LogP contribution in [0.3, 0.4) is 0 Å². The van der Waals surface area contributed by atoms with E-state index in [1.807, 2.05) is 13.8 Å². The van der Waals surface area contributed by atoms with Crippen molar-refractivity contribution in [3.05, 3.63) is 29.3 Å². The Morgan fingerprint density at radius 3 is 2.27 bits per heavy atom. The molecule has 2 amide bonds. The van der Waals surface area contributed by atoms with Crippen molar-refractivity contribution >= 4 is 23.4 Å². The molecule has 1 atom stereocenters. The number of carbonyl (C=O) groups excluding carboxylic acids is 2. The molecule has 0 aliphatic carbocycles. The maximum atomic E-state index is 11.9. The van der Waals surface area contributed by atoms with Gasteiger partial charge in [0.05, 0.1) is 0 Å². The molecule has 0 bridgehead atoms. The average molecular weight is 327 g/mol. The lowest BCUT2D eigenvalue weighted by Crippen LogP contribution is -2.40. The molecule has 22 heavy (non-hydrogen) atoms. The molecule has 5 nitrogen and oxygen atoms in total. The highest BCUT2D eigenvalue weighted by molar-refractivity contribution is 6.30. The Kier molecular flexibility index (Phi) is 7.74. The van der Waals surface area contributed by atoms with Crippen LogP contribution in [0.15, 0.2) is 24.3 Å². The van der Waals surface area contributed by atoms with Crippen LogP contribution in [0.2, 0.25) is 5.02 Å². The van der Waals surface area contributed by atoms with Crippen LogP contribution in [-0.2, 0) is 9.59 Å². The summed E-state index contributed by atoms with van der Waals surface area (Å²) in [6.07, 6.45) is -0.128. The van der Waals surface area contributed by atoms with E-state index in [0.29, 0.717) is 36.2 Å². The third-order valence-electron chi connectivity index (χ3n) is 2.84. The van der Waals surface area contributed by atoms with Crippen LogP contribution in [0.5, 0.6) is 5.75 Å². The molecule has 1 aromatic carbocycles. The molecule has 0 heterocycles. The molecule has 122 valence electrons. The van der Waals surface area contributed by atoms with Gasteiger partial charge in [-0.2, -0.15) is 0 Å². The van der Waals surface area contributed by atoms with Gasteiger partial charge in [0.15, 0.2) is 6.10 Å². The van der Waals surface area contributed by atoms with Crippen molar-refractivity contribution in [2.45, 2.75) is 33.3 Å². The lowest BCUT2D eigenvalue weighted by atomic mass is 10.1. The zero-order chi connectivity index (χ0) is 16.5. The van der Waals surface area contributed by atoms with Crippen LogP contribution in [0.1, 0.15) is 27.2 Å². The zero-order valence-electron chi connectivity index (χ0n) is 13.2. The lowest BCUT2D eigenvalue weighted by Gasteiger charge is -2.15. The summed E-state index contributed by atoms with van der Waals surface area (Å²) in [5.41, 5.74) is 0. The van der Waals surface area contributed by atoms with Crippen LogP contribution in [0.4, 0.5) is 0 Å². The lowest BCUT2D eigenvalue weighted by molar-refractivity contribution is -0.127. The maximum Gasteiger partial charge on any atom is 0.260 e. The number of hydrogen-bond donors (Lipinski definition) is 2. The maximum absolute atomic E-state index is 11.9. The van der Waals surface area contributed by atoms with Crippen molar-refractivity contribution < 1.29 is 14.3 Å². The number of benzene rings is 1. The number of ether oxygens (including phenoxy) is 1. The normalized spacial score (nSPS) is 11.9. The van der Waals surface area contributed by atoms with E-state index in [1.165, 1.54) is 0 Å². The van der Waals surface area contributed by atoms with Gasteiger partial charge in [-0.3, -0.25) is 9.59 Å². The van der Waals surface area contributed by atoms with Gasteiger partial charge >= 0.3 is 0 Å². The fourth-order valence-corrected chi connectivity index (χ4v) is 1.87. The molecule has 0 aliphatic rings. The molecular formula is C16H23ClN2O3. The number of hydrogen-bond acceptors (Lipinski definition) is 3. The summed E-state index contributed by atoms with van der Waals surface area (Å²) in [5.74, 6) is 0.669. The van der Waals surface area contributed by atoms with Crippen LogP contribution in [0.25, 0.3) is 0 Å². The van der Waals surface area contributed by atoms with Crippen LogP contribution in [0, 0.1) is 5.92 Å². The highest BCUT2D eigenvalue weighted by Crippen LogP contribution is 2.16. The number of halogens is 1. The molecule has 6 heteroatoms. The first-order chi connectivity index (χ1) is 10.4. The van der Waals surface area contributed by atoms with Crippen LogP contribution >= 0.6 is 11.6 Å². The fourth-order valence-electron chi connectivity index (χ4n) is 1.75. The minimum atomic E-state index is -0.618. The van der Waals surface area contributed by atoms with E-state index < -0.39 is 6.10 Å². The molecular weight excluding hydrogens is 304 g/mol. The molecule has 0 aromatic heterocycles. The Morgan fingerprint density at radius 2 is 1.68 bits per heavy atom. The molecule has 1 aromatic rings. The highest BCUT2D eigenvalue weighted by atomic mass is 35.5. The van der Waals surface area contributed by atoms with E-state index >= 15 is 0 Å². The minimum Gasteiger partial charge on any atom is -0.481 e. The summed E-state index contributed by atoms with van der Waals surface area (Å²) in [4.78, 5) is 23.3. The standard InChI is InChI=1S/C16H23ClN2O3/c1-11(2)10-15(20)18-8-9-19-16(21)12(3)22-14-6-4-13(17)5-7-14/h4-7,11-12H,8-10H2,1-3H3,(H,18,20)(H,19,21). The third-order valence-corrected chi connectivity index (χ3v) is 3.09. The Morgan fingerprint density at radius 1 is 1.09 bits per heavy atom. The van der Waals surface area contributed by atoms with Crippen LogP contribution < -0.4 is 15.4 Å². The second-order valence-corrected chi connectivity index (χ2v) is 5.89. The first kappa shape index (κ1) is 18.3. The first-order valence-corrected chi connectivity index (χ1v) is 7.73. The van der Waals surface area contributed by atoms with Gasteiger partial charge in [0, 0.05) is 24.5 Å². The summed E-state index contributed by atoms with van der Waals surface area (Å²) in [7, 11) is 0. The van der Waals surface area contributed by atoms with E-state index in [4.69, 9.17) is 16.3 Å². The van der Waals surface area contributed by atoms with E-state index in [-0.39, 0.29) is 11.8 Å². The van der Waals surface area contributed by atoms with Crippen molar-refractivity contribution in [1.82, 2.24) is 10.6 Å². The Hall–Kier alpha value is -1.75. The molecule has 1 unspecified atom stereocenters. The van der Waals surface area contributed by atoms with Gasteiger partial charge in [-0.05, 0) is 37.1 Å². The minimum absolute atomic E-state index is 0.00490. The van der Waals surface area contributed by atoms with Crippen molar-refractivity contribution in [1.29, 1.82) is 0 Å². The molecule has 1 rings (SSSR count). The summed E-state index contributed by atoms with van der Waals surface area (Å²) < 4.78 is 5.50. The number of carbonyl (C=O) groups is 2. The summed E-state index contributed by atoms with van der Waals surface area (Å²) >= 11 is 5.78. The predicted molar refractivity (Wildman–Crippen MR) is 87.0 cm³/mol. The second kappa shape index (κ2) is 9.30. The van der Waals surface area contributed by atoms with Gasteiger partial charge in [-0.25, -0.2) is 0 Å². The molecule has 0 spiro atoms. The fraction of sp³-hybridized carbons (Fsp3) is 0.500. The van der Waals surface area contributed by atoms with Gasteiger partial charge in [0.1, 0.15) is 5.75 Å². The van der Waals surface area contributed by atoms with Gasteiger partial charge in [-0.1, -0.05) is 25.4 Å². The molecule has 0 saturated carbocycles. The molecule has 2 N–H and O–H groups in total. The van der Waals surface area contributed by atoms with E-state index in [1.54, 1.807) is 31.2 Å². The number of amides is 2. The van der Waals surface area contributed by atoms with Crippen molar-refractivity contribution in [3.8, 4) is 5.75 Å². The van der Waals surface area contributed by atoms with E-state index in [9.17, 15) is 9.59 Å². The predicted octanol–water partition coefficient (Wildman–Crippen LogP) is 2.39. The summed E-state index contributed by atoms with van der Waals surface area (Å²) in [6, 6.07) is 6.81. The van der Waals surface area contributed by atoms with E-state index in [2.05, 4.69) is 10.6 Å². The third kappa shape index (κ3) is 7.31. The Balaban J connectivity index is 2.24. The topological polar surface area (TPSA) is 67.4 Å². The number of rotatable bonds is 8. The van der Waals surface area contributed by atoms with Crippen molar-refractivity contribution in [3.63, 3.8) is 0 Å². The van der Waals surface area contributed by atoms with Gasteiger partial charge < -0.3 is 15.4 Å². The van der Waals surface area contributed by atoms with E-state index in [0.717, 1.165) is 0 Å². The highest BCUT2D eigenvalue weighted by Gasteiger charge is 2.14. The number of nitrogens with one attached hydrogen (secondary N) is 2. The van der Waals surface area contributed by atoms with Gasteiger partial charge in [0.25, 0.3) is 5.91 Å². The molecule has 0 saturated heterocycles. The average Bonchev–Trinajstić information content (AvgIpc) is 2.45. The smallest absolute Gasteiger partial charge is 0.260 e. The van der Waals surface area contributed by atoms with Crippen molar-refractivity contribution in [2.24, 2.45) is 5.92 Å². The van der Waals surface area contributed by atoms with Crippen LogP contribution in [-0.4, -0.2) is 31.0 Å². The zero-order valence-corrected chi connectivity index (χ0v) is 13.9. The molecule has 0 radical (unpaired) electrons. The second-order valence-electron chi connectivity index (χ2n) is 5.45. The monoisotopic (exact) mass is 326 g/mol. The van der Waals surface area contributed by atoms with Gasteiger partial charge in [0.2, 0.25) is 5.91 Å². The Bertz CT molecular complexity index is 489.